The monoisotopic (exact) mass is 158 g/mol. The highest BCUT2D eigenvalue weighted by atomic mass is 16.4. The van der Waals surface area contributed by atoms with Crippen LogP contribution in [0.3, 0.4) is 0 Å². The van der Waals surface area contributed by atoms with E-state index in [-0.39, 0.29) is 6.04 Å². The molecule has 1 atom stereocenters. The van der Waals surface area contributed by atoms with Crippen molar-refractivity contribution in [2.75, 3.05) is 20.1 Å². The van der Waals surface area contributed by atoms with Gasteiger partial charge in [-0.2, -0.15) is 0 Å². The van der Waals surface area contributed by atoms with E-state index < -0.39 is 6.09 Å². The van der Waals surface area contributed by atoms with Gasteiger partial charge in [0.1, 0.15) is 0 Å². The molecule has 0 saturated carbocycles. The average Bonchev–Trinajstić information content (AvgIpc) is 2.36. The molecule has 0 radical (unpaired) electrons. The number of amides is 1. The van der Waals surface area contributed by atoms with Crippen molar-refractivity contribution in [3.63, 3.8) is 0 Å². The predicted molar refractivity (Wildman–Crippen MR) is 41.7 cm³/mol. The van der Waals surface area contributed by atoms with Crippen molar-refractivity contribution in [1.82, 2.24) is 10.2 Å². The van der Waals surface area contributed by atoms with Gasteiger partial charge in [-0.3, -0.25) is 0 Å². The molecule has 1 heterocycles. The Morgan fingerprint density at radius 1 is 1.82 bits per heavy atom. The van der Waals surface area contributed by atoms with Gasteiger partial charge in [-0.25, -0.2) is 4.79 Å². The van der Waals surface area contributed by atoms with Gasteiger partial charge >= 0.3 is 6.09 Å². The summed E-state index contributed by atoms with van der Waals surface area (Å²) in [5.74, 6) is 0. The molecule has 4 heteroatoms. The lowest BCUT2D eigenvalue weighted by atomic mass is 10.2. The van der Waals surface area contributed by atoms with E-state index in [4.69, 9.17) is 5.11 Å². The minimum absolute atomic E-state index is 0.192. The molecule has 1 saturated heterocycles. The van der Waals surface area contributed by atoms with E-state index in [9.17, 15) is 4.79 Å². The number of rotatable bonds is 2. The maximum Gasteiger partial charge on any atom is 0.407 e. The van der Waals surface area contributed by atoms with Crippen LogP contribution < -0.4 is 5.32 Å². The van der Waals surface area contributed by atoms with E-state index in [1.165, 1.54) is 4.90 Å². The fourth-order valence-corrected chi connectivity index (χ4v) is 1.54. The lowest BCUT2D eigenvalue weighted by Gasteiger charge is -2.20. The first-order valence-corrected chi connectivity index (χ1v) is 3.90. The number of hydrogen-bond donors (Lipinski definition) is 2. The van der Waals surface area contributed by atoms with Gasteiger partial charge < -0.3 is 15.3 Å². The molecule has 1 aliphatic rings. The van der Waals surface area contributed by atoms with Crippen LogP contribution in [0.25, 0.3) is 0 Å². The Morgan fingerprint density at radius 2 is 2.55 bits per heavy atom. The van der Waals surface area contributed by atoms with Crippen molar-refractivity contribution in [1.29, 1.82) is 0 Å². The Bertz CT molecular complexity index is 149. The third-order valence-electron chi connectivity index (χ3n) is 2.06. The van der Waals surface area contributed by atoms with Gasteiger partial charge in [0.05, 0.1) is 0 Å². The third-order valence-corrected chi connectivity index (χ3v) is 2.06. The molecule has 1 rings (SSSR count). The summed E-state index contributed by atoms with van der Waals surface area (Å²) in [4.78, 5) is 12.1. The van der Waals surface area contributed by atoms with Gasteiger partial charge in [0.15, 0.2) is 0 Å². The Morgan fingerprint density at radius 3 is 3.09 bits per heavy atom. The second kappa shape index (κ2) is 3.57. The molecule has 0 aromatic rings. The molecule has 64 valence electrons. The number of carbonyl (C=O) groups is 1. The second-order valence-corrected chi connectivity index (χ2v) is 2.83. The van der Waals surface area contributed by atoms with Gasteiger partial charge in [-0.05, 0) is 19.9 Å². The molecule has 0 bridgehead atoms. The zero-order valence-electron chi connectivity index (χ0n) is 6.71. The average molecular weight is 158 g/mol. The quantitative estimate of drug-likeness (QED) is 0.609. The predicted octanol–water partition coefficient (Wildman–Crippen LogP) is 0.348. The zero-order chi connectivity index (χ0) is 8.27. The van der Waals surface area contributed by atoms with Crippen LogP contribution in [-0.4, -0.2) is 42.3 Å². The zero-order valence-corrected chi connectivity index (χ0v) is 6.71. The SMILES string of the molecule is CNCC1CCCN1C(=O)O. The molecule has 11 heavy (non-hydrogen) atoms. The van der Waals surface area contributed by atoms with Crippen molar-refractivity contribution < 1.29 is 9.90 Å². The van der Waals surface area contributed by atoms with Crippen LogP contribution in [0.4, 0.5) is 4.79 Å². The fraction of sp³-hybridized carbons (Fsp3) is 0.857. The molecule has 4 nitrogen and oxygen atoms in total. The molecule has 0 aromatic heterocycles. The fourth-order valence-electron chi connectivity index (χ4n) is 1.54. The number of hydrogen-bond acceptors (Lipinski definition) is 2. The highest BCUT2D eigenvalue weighted by Crippen LogP contribution is 2.15. The number of carboxylic acid groups (broad SMARTS) is 1. The Labute approximate surface area is 66.2 Å². The van der Waals surface area contributed by atoms with E-state index in [1.807, 2.05) is 7.05 Å². The molecule has 1 unspecified atom stereocenters. The van der Waals surface area contributed by atoms with E-state index in [0.717, 1.165) is 19.4 Å². The number of nitrogens with one attached hydrogen (secondary N) is 1. The maximum atomic E-state index is 10.6. The van der Waals surface area contributed by atoms with E-state index in [0.29, 0.717) is 6.54 Å². The molecule has 1 amide bonds. The lowest BCUT2D eigenvalue weighted by molar-refractivity contribution is 0.140. The Kier molecular flexibility index (Phi) is 2.70. The summed E-state index contributed by atoms with van der Waals surface area (Å²) >= 11 is 0. The van der Waals surface area contributed by atoms with Gasteiger partial charge in [-0.1, -0.05) is 0 Å². The van der Waals surface area contributed by atoms with E-state index >= 15 is 0 Å². The van der Waals surface area contributed by atoms with Crippen molar-refractivity contribution in [2.24, 2.45) is 0 Å². The highest BCUT2D eigenvalue weighted by molar-refractivity contribution is 5.65. The summed E-state index contributed by atoms with van der Waals surface area (Å²) in [6.07, 6.45) is 1.20. The molecule has 2 N–H and O–H groups in total. The summed E-state index contributed by atoms with van der Waals surface area (Å²) < 4.78 is 0. The molecule has 0 spiro atoms. The van der Waals surface area contributed by atoms with Crippen molar-refractivity contribution in [2.45, 2.75) is 18.9 Å². The smallest absolute Gasteiger partial charge is 0.407 e. The standard InChI is InChI=1S/C7H14N2O2/c1-8-5-6-3-2-4-9(6)7(10)11/h6,8H,2-5H2,1H3,(H,10,11). The molecule has 1 aliphatic heterocycles. The maximum absolute atomic E-state index is 10.6. The summed E-state index contributed by atoms with van der Waals surface area (Å²) in [6.45, 7) is 1.47. The largest absolute Gasteiger partial charge is 0.465 e. The normalized spacial score (nSPS) is 24.1. The number of likely N-dealkylation sites (N-methyl/N-ethyl adjacent to an activating group) is 1. The summed E-state index contributed by atoms with van der Waals surface area (Å²) in [5.41, 5.74) is 0. The van der Waals surface area contributed by atoms with Gasteiger partial charge in [0.25, 0.3) is 0 Å². The second-order valence-electron chi connectivity index (χ2n) is 2.83. The van der Waals surface area contributed by atoms with Crippen molar-refractivity contribution in [3.05, 3.63) is 0 Å². The van der Waals surface area contributed by atoms with Crippen LogP contribution in [0.15, 0.2) is 0 Å². The number of nitrogens with zero attached hydrogens (tertiary/aromatic N) is 1. The van der Waals surface area contributed by atoms with Crippen LogP contribution in [-0.2, 0) is 0 Å². The minimum atomic E-state index is -0.789. The van der Waals surface area contributed by atoms with Crippen LogP contribution in [0, 0.1) is 0 Å². The lowest BCUT2D eigenvalue weighted by Crippen LogP contribution is -2.39. The molecular weight excluding hydrogens is 144 g/mol. The number of likely N-dealkylation sites (tertiary alicyclic amines) is 1. The molecule has 0 aromatic carbocycles. The molecular formula is C7H14N2O2. The van der Waals surface area contributed by atoms with Gasteiger partial charge in [0, 0.05) is 19.1 Å². The summed E-state index contributed by atoms with van der Waals surface area (Å²) in [7, 11) is 1.85. The molecule has 1 fully saturated rings. The Hall–Kier alpha value is -0.770. The van der Waals surface area contributed by atoms with Crippen LogP contribution >= 0.6 is 0 Å². The van der Waals surface area contributed by atoms with Crippen LogP contribution in [0.2, 0.25) is 0 Å². The van der Waals surface area contributed by atoms with E-state index in [1.54, 1.807) is 0 Å². The third kappa shape index (κ3) is 1.83. The van der Waals surface area contributed by atoms with Crippen LogP contribution in [0.5, 0.6) is 0 Å². The van der Waals surface area contributed by atoms with Crippen molar-refractivity contribution >= 4 is 6.09 Å². The first-order valence-electron chi connectivity index (χ1n) is 3.90. The summed E-state index contributed by atoms with van der Waals surface area (Å²) in [5, 5.41) is 11.7. The van der Waals surface area contributed by atoms with Crippen LogP contribution in [0.1, 0.15) is 12.8 Å². The van der Waals surface area contributed by atoms with E-state index in [2.05, 4.69) is 5.32 Å². The first-order chi connectivity index (χ1) is 5.25. The topological polar surface area (TPSA) is 52.6 Å². The highest BCUT2D eigenvalue weighted by Gasteiger charge is 2.27. The summed E-state index contributed by atoms with van der Waals surface area (Å²) in [6, 6.07) is 0.192. The minimum Gasteiger partial charge on any atom is -0.465 e. The molecule has 0 aliphatic carbocycles. The first kappa shape index (κ1) is 8.33. The Balaban J connectivity index is 2.44. The van der Waals surface area contributed by atoms with Gasteiger partial charge in [-0.15, -0.1) is 0 Å². The van der Waals surface area contributed by atoms with Crippen molar-refractivity contribution in [3.8, 4) is 0 Å². The van der Waals surface area contributed by atoms with Gasteiger partial charge in [0.2, 0.25) is 0 Å².